The fourth-order valence-corrected chi connectivity index (χ4v) is 3.58. The van der Waals surface area contributed by atoms with Gasteiger partial charge in [0.25, 0.3) is 0 Å². The standard InChI is InChI=1S/C18H25ClN2O3.ClH/c1-2-20-12-13-3-5-21(6-4-13)17(22)11-14-9-15(19)18-16(10-14)23-7-8-24-18;/h9-10,13,20H,2-8,11-12H2,1H3;1H. The molecule has 0 aromatic heterocycles. The van der Waals surface area contributed by atoms with Crippen molar-refractivity contribution < 1.29 is 14.3 Å². The Morgan fingerprint density at radius 1 is 1.28 bits per heavy atom. The van der Waals surface area contributed by atoms with Gasteiger partial charge in [-0.3, -0.25) is 4.79 Å². The molecular weight excluding hydrogens is 363 g/mol. The molecule has 0 unspecified atom stereocenters. The zero-order valence-corrected chi connectivity index (χ0v) is 16.1. The lowest BCUT2D eigenvalue weighted by molar-refractivity contribution is -0.131. The van der Waals surface area contributed by atoms with Crippen LogP contribution < -0.4 is 14.8 Å². The summed E-state index contributed by atoms with van der Waals surface area (Å²) in [7, 11) is 0. The van der Waals surface area contributed by atoms with Crippen LogP contribution in [0.4, 0.5) is 0 Å². The number of likely N-dealkylation sites (tertiary alicyclic amines) is 1. The van der Waals surface area contributed by atoms with Crippen LogP contribution >= 0.6 is 24.0 Å². The maximum Gasteiger partial charge on any atom is 0.226 e. The van der Waals surface area contributed by atoms with Crippen LogP contribution in [0, 0.1) is 5.92 Å². The minimum absolute atomic E-state index is 0. The van der Waals surface area contributed by atoms with Gasteiger partial charge in [-0.1, -0.05) is 18.5 Å². The van der Waals surface area contributed by atoms with Gasteiger partial charge in [0, 0.05) is 13.1 Å². The molecule has 140 valence electrons. The van der Waals surface area contributed by atoms with Crippen molar-refractivity contribution in [3.63, 3.8) is 0 Å². The van der Waals surface area contributed by atoms with Gasteiger partial charge in [-0.15, -0.1) is 12.4 Å². The van der Waals surface area contributed by atoms with Crippen LogP contribution in [0.3, 0.4) is 0 Å². The predicted octanol–water partition coefficient (Wildman–Crippen LogP) is 2.92. The first-order chi connectivity index (χ1) is 11.7. The second kappa shape index (κ2) is 9.51. The number of halogens is 2. The van der Waals surface area contributed by atoms with Crippen LogP contribution in [0.1, 0.15) is 25.3 Å². The first kappa shape index (κ1) is 20.1. The highest BCUT2D eigenvalue weighted by atomic mass is 35.5. The SMILES string of the molecule is CCNCC1CCN(C(=O)Cc2cc(Cl)c3c(c2)OCCO3)CC1.Cl. The number of ether oxygens (including phenoxy) is 2. The highest BCUT2D eigenvalue weighted by Crippen LogP contribution is 2.38. The van der Waals surface area contributed by atoms with E-state index in [0.29, 0.717) is 42.1 Å². The third-order valence-electron chi connectivity index (χ3n) is 4.66. The van der Waals surface area contributed by atoms with Crippen molar-refractivity contribution in [2.45, 2.75) is 26.2 Å². The van der Waals surface area contributed by atoms with Gasteiger partial charge in [-0.25, -0.2) is 0 Å². The number of hydrogen-bond donors (Lipinski definition) is 1. The largest absolute Gasteiger partial charge is 0.486 e. The number of carbonyl (C=O) groups is 1. The molecule has 2 aliphatic rings. The Hall–Kier alpha value is -1.17. The van der Waals surface area contributed by atoms with Crippen LogP contribution in [0.5, 0.6) is 11.5 Å². The summed E-state index contributed by atoms with van der Waals surface area (Å²) in [6, 6.07) is 3.68. The van der Waals surface area contributed by atoms with E-state index in [1.54, 1.807) is 0 Å². The van der Waals surface area contributed by atoms with Gasteiger partial charge in [0.15, 0.2) is 11.5 Å². The Balaban J connectivity index is 0.00000225. The molecule has 2 heterocycles. The van der Waals surface area contributed by atoms with Crippen molar-refractivity contribution in [1.82, 2.24) is 10.2 Å². The third-order valence-corrected chi connectivity index (χ3v) is 4.94. The highest BCUT2D eigenvalue weighted by Gasteiger charge is 2.24. The van der Waals surface area contributed by atoms with Crippen molar-refractivity contribution in [2.24, 2.45) is 5.92 Å². The summed E-state index contributed by atoms with van der Waals surface area (Å²) in [4.78, 5) is 14.5. The monoisotopic (exact) mass is 388 g/mol. The van der Waals surface area contributed by atoms with Crippen molar-refractivity contribution in [2.75, 3.05) is 39.4 Å². The average molecular weight is 389 g/mol. The molecule has 1 amide bonds. The molecule has 2 aliphatic heterocycles. The molecule has 1 fully saturated rings. The van der Waals surface area contributed by atoms with Crippen LogP contribution in [-0.4, -0.2) is 50.2 Å². The number of amides is 1. The molecule has 0 spiro atoms. The molecule has 1 N–H and O–H groups in total. The van der Waals surface area contributed by atoms with E-state index in [1.807, 2.05) is 17.0 Å². The Kier molecular flexibility index (Phi) is 7.66. The van der Waals surface area contributed by atoms with Crippen molar-refractivity contribution in [1.29, 1.82) is 0 Å². The second-order valence-electron chi connectivity index (χ2n) is 6.41. The number of nitrogens with one attached hydrogen (secondary N) is 1. The van der Waals surface area contributed by atoms with Crippen molar-refractivity contribution in [3.8, 4) is 11.5 Å². The van der Waals surface area contributed by atoms with Crippen molar-refractivity contribution in [3.05, 3.63) is 22.7 Å². The molecule has 0 radical (unpaired) electrons. The first-order valence-electron chi connectivity index (χ1n) is 8.74. The zero-order chi connectivity index (χ0) is 16.9. The van der Waals surface area contributed by atoms with E-state index in [9.17, 15) is 4.79 Å². The summed E-state index contributed by atoms with van der Waals surface area (Å²) in [6.45, 7) is 6.88. The lowest BCUT2D eigenvalue weighted by Gasteiger charge is -2.32. The van der Waals surface area contributed by atoms with E-state index < -0.39 is 0 Å². The fraction of sp³-hybridized carbons (Fsp3) is 0.611. The van der Waals surface area contributed by atoms with E-state index in [4.69, 9.17) is 21.1 Å². The van der Waals surface area contributed by atoms with Gasteiger partial charge >= 0.3 is 0 Å². The van der Waals surface area contributed by atoms with Crippen LogP contribution in [-0.2, 0) is 11.2 Å². The number of carbonyl (C=O) groups excluding carboxylic acids is 1. The van der Waals surface area contributed by atoms with E-state index in [-0.39, 0.29) is 18.3 Å². The highest BCUT2D eigenvalue weighted by molar-refractivity contribution is 6.32. The van der Waals surface area contributed by atoms with Gasteiger partial charge in [-0.2, -0.15) is 0 Å². The first-order valence-corrected chi connectivity index (χ1v) is 9.11. The smallest absolute Gasteiger partial charge is 0.226 e. The molecular formula is C18H26Cl2N2O3. The molecule has 0 aliphatic carbocycles. The molecule has 7 heteroatoms. The maximum atomic E-state index is 12.6. The number of hydrogen-bond acceptors (Lipinski definition) is 4. The minimum Gasteiger partial charge on any atom is -0.486 e. The maximum absolute atomic E-state index is 12.6. The van der Waals surface area contributed by atoms with E-state index in [0.717, 1.165) is 44.6 Å². The Labute approximate surface area is 160 Å². The Bertz CT molecular complexity index is 590. The Morgan fingerprint density at radius 3 is 2.72 bits per heavy atom. The minimum atomic E-state index is 0. The summed E-state index contributed by atoms with van der Waals surface area (Å²) < 4.78 is 11.1. The quantitative estimate of drug-likeness (QED) is 0.842. The summed E-state index contributed by atoms with van der Waals surface area (Å²) >= 11 is 6.25. The average Bonchev–Trinajstić information content (AvgIpc) is 2.60. The molecule has 0 saturated carbocycles. The number of fused-ring (bicyclic) bond motifs is 1. The second-order valence-corrected chi connectivity index (χ2v) is 6.82. The van der Waals surface area contributed by atoms with Gasteiger partial charge in [0.2, 0.25) is 5.91 Å². The molecule has 0 atom stereocenters. The van der Waals surface area contributed by atoms with Crippen molar-refractivity contribution >= 4 is 29.9 Å². The van der Waals surface area contributed by atoms with Gasteiger partial charge in [0.1, 0.15) is 13.2 Å². The zero-order valence-electron chi connectivity index (χ0n) is 14.6. The summed E-state index contributed by atoms with van der Waals surface area (Å²) in [5.41, 5.74) is 0.879. The molecule has 25 heavy (non-hydrogen) atoms. The number of nitrogens with zero attached hydrogens (tertiary/aromatic N) is 1. The summed E-state index contributed by atoms with van der Waals surface area (Å²) in [6.07, 6.45) is 2.50. The fourth-order valence-electron chi connectivity index (χ4n) is 3.29. The van der Waals surface area contributed by atoms with E-state index >= 15 is 0 Å². The normalized spacial score (nSPS) is 17.1. The predicted molar refractivity (Wildman–Crippen MR) is 101 cm³/mol. The molecule has 1 aromatic rings. The molecule has 5 nitrogen and oxygen atoms in total. The molecule has 0 bridgehead atoms. The van der Waals surface area contributed by atoms with E-state index in [2.05, 4.69) is 12.2 Å². The number of rotatable bonds is 5. The third kappa shape index (κ3) is 5.16. The Morgan fingerprint density at radius 2 is 2.00 bits per heavy atom. The van der Waals surface area contributed by atoms with Gasteiger partial charge in [-0.05, 0) is 49.5 Å². The van der Waals surface area contributed by atoms with Crippen LogP contribution in [0.25, 0.3) is 0 Å². The number of benzene rings is 1. The van der Waals surface area contributed by atoms with E-state index in [1.165, 1.54) is 0 Å². The van der Waals surface area contributed by atoms with Crippen LogP contribution in [0.15, 0.2) is 12.1 Å². The topological polar surface area (TPSA) is 50.8 Å². The summed E-state index contributed by atoms with van der Waals surface area (Å²) in [5, 5.41) is 3.91. The van der Waals surface area contributed by atoms with Gasteiger partial charge in [0.05, 0.1) is 11.4 Å². The lowest BCUT2D eigenvalue weighted by atomic mass is 9.96. The molecule has 3 rings (SSSR count). The van der Waals surface area contributed by atoms with Crippen LogP contribution in [0.2, 0.25) is 5.02 Å². The summed E-state index contributed by atoms with van der Waals surface area (Å²) in [5.74, 6) is 2.06. The molecule has 1 aromatic carbocycles. The van der Waals surface area contributed by atoms with Gasteiger partial charge < -0.3 is 19.7 Å². The number of piperidine rings is 1. The lowest BCUT2D eigenvalue weighted by Crippen LogP contribution is -2.41. The molecule has 1 saturated heterocycles.